The molecule has 3 amide bonds. The van der Waals surface area contributed by atoms with Gasteiger partial charge in [-0.1, -0.05) is 19.9 Å². The molecule has 20 heavy (non-hydrogen) atoms. The first-order valence-electron chi connectivity index (χ1n) is 5.89. The first-order chi connectivity index (χ1) is 9.11. The van der Waals surface area contributed by atoms with E-state index in [4.69, 9.17) is 10.3 Å². The predicted molar refractivity (Wildman–Crippen MR) is 66.3 cm³/mol. The summed E-state index contributed by atoms with van der Waals surface area (Å²) >= 11 is 0. The van der Waals surface area contributed by atoms with E-state index in [-0.39, 0.29) is 12.5 Å². The Morgan fingerprint density at radius 1 is 1.55 bits per heavy atom. The summed E-state index contributed by atoms with van der Waals surface area (Å²) in [6.45, 7) is 3.73. The number of nitrogens with zero attached hydrogens (tertiary/aromatic N) is 2. The van der Waals surface area contributed by atoms with Crippen LogP contribution >= 0.6 is 0 Å². The summed E-state index contributed by atoms with van der Waals surface area (Å²) in [6, 6.07) is -2.46. The molecule has 112 valence electrons. The quantitative estimate of drug-likeness (QED) is 0.520. The number of amides is 3. The zero-order valence-corrected chi connectivity index (χ0v) is 11.7. The molecule has 10 heteroatoms. The van der Waals surface area contributed by atoms with Crippen LogP contribution in [0.3, 0.4) is 0 Å². The lowest BCUT2D eigenvalue weighted by molar-refractivity contribution is -0.120. The molecule has 1 fully saturated rings. The van der Waals surface area contributed by atoms with Gasteiger partial charge in [-0.15, -0.1) is 4.28 Å². The van der Waals surface area contributed by atoms with Gasteiger partial charge in [-0.2, -0.15) is 13.5 Å². The van der Waals surface area contributed by atoms with E-state index in [1.807, 2.05) is 13.8 Å². The van der Waals surface area contributed by atoms with E-state index in [2.05, 4.69) is 4.28 Å². The second kappa shape index (κ2) is 4.72. The van der Waals surface area contributed by atoms with E-state index >= 15 is 0 Å². The van der Waals surface area contributed by atoms with E-state index < -0.39 is 34.4 Å². The van der Waals surface area contributed by atoms with Gasteiger partial charge < -0.3 is 10.6 Å². The summed E-state index contributed by atoms with van der Waals surface area (Å²) in [5, 5.41) is 0.560. The molecule has 0 aliphatic carbocycles. The molecule has 2 aliphatic heterocycles. The molecule has 0 spiro atoms. The number of primary amides is 1. The molecule has 9 nitrogen and oxygen atoms in total. The molecule has 2 rings (SSSR count). The number of fused-ring (bicyclic) bond motifs is 2. The molecule has 2 bridgehead atoms. The Kier molecular flexibility index (Phi) is 3.48. The van der Waals surface area contributed by atoms with Gasteiger partial charge in [0, 0.05) is 0 Å². The average molecular weight is 305 g/mol. The van der Waals surface area contributed by atoms with E-state index in [1.165, 1.54) is 6.08 Å². The summed E-state index contributed by atoms with van der Waals surface area (Å²) < 4.78 is 34.7. The third-order valence-corrected chi connectivity index (χ3v) is 3.64. The number of rotatable bonds is 4. The molecular weight excluding hydrogens is 290 g/mol. The molecule has 2 heterocycles. The van der Waals surface area contributed by atoms with Gasteiger partial charge in [-0.05, 0) is 11.5 Å². The SMILES string of the molecule is CC(C)C1=C[C@@H](C(N)=O)N2C[C@H]1N(OS(=O)(=O)O)C2=O. The molecule has 0 aromatic rings. The number of hydrogen-bond acceptors (Lipinski definition) is 5. The normalized spacial score (nSPS) is 26.2. The zero-order chi connectivity index (χ0) is 15.2. The molecule has 3 N–H and O–H groups in total. The van der Waals surface area contributed by atoms with E-state index in [0.717, 1.165) is 4.90 Å². The Labute approximate surface area is 115 Å². The first-order valence-corrected chi connectivity index (χ1v) is 7.26. The lowest BCUT2D eigenvalue weighted by Gasteiger charge is -2.29. The molecule has 2 atom stereocenters. The molecular formula is C10H15N3O6S. The van der Waals surface area contributed by atoms with Crippen molar-refractivity contribution in [1.82, 2.24) is 9.96 Å². The number of hydrogen-bond donors (Lipinski definition) is 2. The number of carbonyl (C=O) groups is 2. The van der Waals surface area contributed by atoms with E-state index in [1.54, 1.807) is 0 Å². The molecule has 1 saturated heterocycles. The van der Waals surface area contributed by atoms with E-state index in [9.17, 15) is 18.0 Å². The van der Waals surface area contributed by atoms with Crippen LogP contribution in [0.4, 0.5) is 4.79 Å². The number of urea groups is 1. The lowest BCUT2D eigenvalue weighted by atomic mass is 9.91. The Morgan fingerprint density at radius 3 is 2.60 bits per heavy atom. The van der Waals surface area contributed by atoms with Crippen molar-refractivity contribution in [1.29, 1.82) is 0 Å². The van der Waals surface area contributed by atoms with Crippen molar-refractivity contribution in [3.63, 3.8) is 0 Å². The van der Waals surface area contributed by atoms with Crippen molar-refractivity contribution >= 4 is 22.3 Å². The van der Waals surface area contributed by atoms with Gasteiger partial charge in [-0.3, -0.25) is 9.35 Å². The van der Waals surface area contributed by atoms with Crippen LogP contribution in [0, 0.1) is 5.92 Å². The highest BCUT2D eigenvalue weighted by Gasteiger charge is 2.49. The van der Waals surface area contributed by atoms with Crippen LogP contribution < -0.4 is 5.73 Å². The van der Waals surface area contributed by atoms with Crippen molar-refractivity contribution < 1.29 is 26.8 Å². The van der Waals surface area contributed by atoms with Gasteiger partial charge in [0.25, 0.3) is 0 Å². The Morgan fingerprint density at radius 2 is 2.15 bits per heavy atom. The fourth-order valence-electron chi connectivity index (χ4n) is 2.45. The highest BCUT2D eigenvalue weighted by Crippen LogP contribution is 2.34. The van der Waals surface area contributed by atoms with Crippen molar-refractivity contribution in [2.75, 3.05) is 6.54 Å². The summed E-state index contributed by atoms with van der Waals surface area (Å²) in [6.07, 6.45) is 1.53. The molecule has 0 unspecified atom stereocenters. The number of nitrogens with two attached hydrogens (primary N) is 1. The second-order valence-electron chi connectivity index (χ2n) is 4.95. The number of hydroxylamine groups is 2. The maximum Gasteiger partial charge on any atom is 0.418 e. The molecule has 0 aromatic carbocycles. The smallest absolute Gasteiger partial charge is 0.368 e. The molecule has 0 aromatic heterocycles. The van der Waals surface area contributed by atoms with Crippen LogP contribution in [0.1, 0.15) is 13.8 Å². The lowest BCUT2D eigenvalue weighted by Crippen LogP contribution is -2.47. The fourth-order valence-corrected chi connectivity index (χ4v) is 2.82. The average Bonchev–Trinajstić information content (AvgIpc) is 2.53. The van der Waals surface area contributed by atoms with Crippen LogP contribution in [-0.2, 0) is 19.5 Å². The predicted octanol–water partition coefficient (Wildman–Crippen LogP) is -0.723. The van der Waals surface area contributed by atoms with E-state index in [0.29, 0.717) is 10.6 Å². The highest BCUT2D eigenvalue weighted by molar-refractivity contribution is 7.80. The van der Waals surface area contributed by atoms with Crippen LogP contribution in [0.5, 0.6) is 0 Å². The van der Waals surface area contributed by atoms with Crippen molar-refractivity contribution in [3.05, 3.63) is 11.6 Å². The maximum atomic E-state index is 12.1. The largest absolute Gasteiger partial charge is 0.418 e. The monoisotopic (exact) mass is 305 g/mol. The third-order valence-electron chi connectivity index (χ3n) is 3.29. The second-order valence-corrected chi connectivity index (χ2v) is 5.95. The highest BCUT2D eigenvalue weighted by atomic mass is 32.3. The zero-order valence-electron chi connectivity index (χ0n) is 10.9. The minimum Gasteiger partial charge on any atom is -0.368 e. The van der Waals surface area contributed by atoms with Gasteiger partial charge >= 0.3 is 16.4 Å². The summed E-state index contributed by atoms with van der Waals surface area (Å²) in [4.78, 5) is 24.6. The van der Waals surface area contributed by atoms with Gasteiger partial charge in [0.15, 0.2) is 0 Å². The minimum absolute atomic E-state index is 0.0533. The van der Waals surface area contributed by atoms with Crippen molar-refractivity contribution in [2.45, 2.75) is 25.9 Å². The maximum absolute atomic E-state index is 12.1. The van der Waals surface area contributed by atoms with Gasteiger partial charge in [0.05, 0.1) is 6.54 Å². The summed E-state index contributed by atoms with van der Waals surface area (Å²) in [5.41, 5.74) is 5.90. The van der Waals surface area contributed by atoms with Crippen LogP contribution in [0.25, 0.3) is 0 Å². The third kappa shape index (κ3) is 2.49. The minimum atomic E-state index is -4.83. The Hall–Kier alpha value is -1.65. The summed E-state index contributed by atoms with van der Waals surface area (Å²) in [7, 11) is -4.83. The Bertz CT molecular complexity index is 584. The van der Waals surface area contributed by atoms with Gasteiger partial charge in [0.2, 0.25) is 5.91 Å². The standard InChI is InChI=1S/C10H15N3O6S/c1-5(2)6-3-7(9(11)14)12-4-8(6)13(10(12)15)19-20(16,17)18/h3,5,7-8H,4H2,1-2H3,(H2,11,14)(H,16,17,18)/t7-,8+/m0/s1. The molecule has 0 radical (unpaired) electrons. The van der Waals surface area contributed by atoms with Crippen molar-refractivity contribution in [2.24, 2.45) is 11.7 Å². The van der Waals surface area contributed by atoms with Crippen LogP contribution in [0.2, 0.25) is 0 Å². The topological polar surface area (TPSA) is 130 Å². The first kappa shape index (κ1) is 14.8. The molecule has 2 aliphatic rings. The van der Waals surface area contributed by atoms with Crippen LogP contribution in [0.15, 0.2) is 11.6 Å². The molecule has 0 saturated carbocycles. The summed E-state index contributed by atoms with van der Waals surface area (Å²) in [5.74, 6) is -0.772. The fraction of sp³-hybridized carbons (Fsp3) is 0.600. The van der Waals surface area contributed by atoms with Crippen LogP contribution in [-0.4, -0.2) is 53.5 Å². The number of carbonyl (C=O) groups excluding carboxylic acids is 2. The van der Waals surface area contributed by atoms with Gasteiger partial charge in [0.1, 0.15) is 12.1 Å². The van der Waals surface area contributed by atoms with Crippen molar-refractivity contribution in [3.8, 4) is 0 Å². The Balaban J connectivity index is 2.41. The van der Waals surface area contributed by atoms with Gasteiger partial charge in [-0.25, -0.2) is 4.79 Å².